The Morgan fingerprint density at radius 2 is 2.09 bits per heavy atom. The monoisotopic (exact) mass is 317 g/mol. The molecular weight excluding hydrogens is 298 g/mol. The van der Waals surface area contributed by atoms with E-state index in [1.165, 1.54) is 0 Å². The molecule has 0 aliphatic carbocycles. The van der Waals surface area contributed by atoms with Crippen LogP contribution in [0.4, 0.5) is 5.69 Å². The first-order valence-corrected chi connectivity index (χ1v) is 9.53. The zero-order chi connectivity index (χ0) is 15.2. The molecular formula is C16H19N3O2S. The van der Waals surface area contributed by atoms with Gasteiger partial charge in [-0.25, -0.2) is 8.42 Å². The van der Waals surface area contributed by atoms with E-state index in [1.54, 1.807) is 6.20 Å². The van der Waals surface area contributed by atoms with Crippen molar-refractivity contribution in [1.82, 2.24) is 9.97 Å². The highest BCUT2D eigenvalue weighted by molar-refractivity contribution is 7.91. The molecule has 2 aliphatic rings. The van der Waals surface area contributed by atoms with Gasteiger partial charge in [-0.2, -0.15) is 0 Å². The smallest absolute Gasteiger partial charge is 0.150 e. The molecule has 1 spiro atoms. The minimum absolute atomic E-state index is 0.0606. The summed E-state index contributed by atoms with van der Waals surface area (Å²) in [5.74, 6) is 0.692. The topological polar surface area (TPSA) is 63.2 Å². The Hall–Kier alpha value is -1.69. The van der Waals surface area contributed by atoms with Crippen molar-refractivity contribution < 1.29 is 8.42 Å². The minimum atomic E-state index is -2.85. The van der Waals surface area contributed by atoms with Crippen LogP contribution in [0.5, 0.6) is 0 Å². The van der Waals surface area contributed by atoms with Crippen molar-refractivity contribution >= 4 is 26.4 Å². The highest BCUT2D eigenvalue weighted by Crippen LogP contribution is 2.42. The summed E-state index contributed by atoms with van der Waals surface area (Å²) in [5.41, 5.74) is 2.00. The lowest BCUT2D eigenvalue weighted by Gasteiger charge is -2.41. The van der Waals surface area contributed by atoms with Gasteiger partial charge in [-0.15, -0.1) is 0 Å². The van der Waals surface area contributed by atoms with E-state index >= 15 is 0 Å². The van der Waals surface area contributed by atoms with Crippen LogP contribution < -0.4 is 4.90 Å². The lowest BCUT2D eigenvalue weighted by Crippen LogP contribution is -2.44. The Morgan fingerprint density at radius 1 is 1.18 bits per heavy atom. The molecule has 5 nitrogen and oxygen atoms in total. The van der Waals surface area contributed by atoms with E-state index in [9.17, 15) is 8.42 Å². The second-order valence-electron chi connectivity index (χ2n) is 6.59. The molecule has 22 heavy (non-hydrogen) atoms. The summed E-state index contributed by atoms with van der Waals surface area (Å²) in [4.78, 5) is 10.9. The van der Waals surface area contributed by atoms with Crippen LogP contribution in [0.1, 0.15) is 19.3 Å². The first-order valence-electron chi connectivity index (χ1n) is 7.71. The minimum Gasteiger partial charge on any atom is -0.370 e. The van der Waals surface area contributed by atoms with Crippen molar-refractivity contribution in [2.75, 3.05) is 29.5 Å². The number of aromatic nitrogens is 2. The van der Waals surface area contributed by atoms with Crippen molar-refractivity contribution in [2.45, 2.75) is 19.3 Å². The molecule has 0 radical (unpaired) electrons. The third-order valence-corrected chi connectivity index (χ3v) is 6.87. The second-order valence-corrected chi connectivity index (χ2v) is 8.77. The van der Waals surface area contributed by atoms with Crippen molar-refractivity contribution in [3.63, 3.8) is 0 Å². The highest BCUT2D eigenvalue weighted by atomic mass is 32.2. The molecule has 0 N–H and O–H groups in total. The molecule has 4 heterocycles. The molecule has 0 aromatic carbocycles. The quantitative estimate of drug-likeness (QED) is 0.805. The van der Waals surface area contributed by atoms with Crippen LogP contribution in [-0.4, -0.2) is 43.0 Å². The van der Waals surface area contributed by atoms with Crippen LogP contribution in [0, 0.1) is 5.41 Å². The van der Waals surface area contributed by atoms with Gasteiger partial charge in [-0.3, -0.25) is 9.97 Å². The molecule has 2 saturated heterocycles. The molecule has 1 atom stereocenters. The zero-order valence-corrected chi connectivity index (χ0v) is 13.2. The van der Waals surface area contributed by atoms with Crippen molar-refractivity contribution in [3.05, 3.63) is 30.7 Å². The summed E-state index contributed by atoms with van der Waals surface area (Å²) >= 11 is 0. The summed E-state index contributed by atoms with van der Waals surface area (Å²) in [6.07, 6.45) is 8.28. The Morgan fingerprint density at radius 3 is 2.91 bits per heavy atom. The highest BCUT2D eigenvalue weighted by Gasteiger charge is 2.44. The van der Waals surface area contributed by atoms with Gasteiger partial charge in [0.05, 0.1) is 17.0 Å². The Labute approximate surface area is 130 Å². The predicted molar refractivity (Wildman–Crippen MR) is 86.7 cm³/mol. The number of anilines is 1. The number of hydrogen-bond acceptors (Lipinski definition) is 5. The van der Waals surface area contributed by atoms with Crippen LogP contribution in [-0.2, 0) is 9.84 Å². The molecule has 1 unspecified atom stereocenters. The summed E-state index contributed by atoms with van der Waals surface area (Å²) in [6, 6.07) is 3.94. The van der Waals surface area contributed by atoms with E-state index in [0.717, 1.165) is 48.9 Å². The van der Waals surface area contributed by atoms with E-state index in [0.29, 0.717) is 11.5 Å². The van der Waals surface area contributed by atoms with Crippen molar-refractivity contribution in [3.8, 4) is 0 Å². The normalized spacial score (nSPS) is 27.5. The van der Waals surface area contributed by atoms with Gasteiger partial charge < -0.3 is 4.90 Å². The van der Waals surface area contributed by atoms with Crippen molar-refractivity contribution in [1.29, 1.82) is 0 Å². The average molecular weight is 317 g/mol. The summed E-state index contributed by atoms with van der Waals surface area (Å²) in [6.45, 7) is 1.79. The standard InChI is InChI=1S/C16H19N3O2S/c20-22(21)9-5-16(12-22)4-1-8-19(11-16)15-3-7-18-14-2-6-17-10-13(14)15/h2-3,6-7,10H,1,4-5,8-9,11-12H2. The lowest BCUT2D eigenvalue weighted by atomic mass is 9.79. The maximum Gasteiger partial charge on any atom is 0.150 e. The maximum atomic E-state index is 11.9. The SMILES string of the molecule is O=S1(=O)CCC2(CCCN(c3ccnc4ccncc34)C2)C1. The predicted octanol–water partition coefficient (Wildman–Crippen LogP) is 2.03. The summed E-state index contributed by atoms with van der Waals surface area (Å²) in [7, 11) is -2.85. The van der Waals surface area contributed by atoms with Gasteiger partial charge in [0.2, 0.25) is 0 Å². The van der Waals surface area contributed by atoms with Gasteiger partial charge >= 0.3 is 0 Å². The van der Waals surface area contributed by atoms with Gasteiger partial charge in [0.25, 0.3) is 0 Å². The van der Waals surface area contributed by atoms with Crippen LogP contribution in [0.15, 0.2) is 30.7 Å². The van der Waals surface area contributed by atoms with Gasteiger partial charge in [0.15, 0.2) is 9.84 Å². The van der Waals surface area contributed by atoms with Gasteiger partial charge in [-0.05, 0) is 31.4 Å². The number of fused-ring (bicyclic) bond motifs is 1. The Bertz CT molecular complexity index is 816. The molecule has 2 aromatic rings. The van der Waals surface area contributed by atoms with Crippen LogP contribution in [0.3, 0.4) is 0 Å². The number of hydrogen-bond donors (Lipinski definition) is 0. The lowest BCUT2D eigenvalue weighted by molar-refractivity contribution is 0.270. The number of nitrogens with zero attached hydrogens (tertiary/aromatic N) is 3. The molecule has 4 rings (SSSR count). The third-order valence-electron chi connectivity index (χ3n) is 4.99. The molecule has 116 valence electrons. The zero-order valence-electron chi connectivity index (χ0n) is 12.4. The summed E-state index contributed by atoms with van der Waals surface area (Å²) in [5, 5.41) is 1.04. The number of sulfone groups is 1. The average Bonchev–Trinajstić information content (AvgIpc) is 2.81. The number of piperidine rings is 1. The fraction of sp³-hybridized carbons (Fsp3) is 0.500. The third kappa shape index (κ3) is 2.35. The van der Waals surface area contributed by atoms with E-state index in [-0.39, 0.29) is 5.41 Å². The Balaban J connectivity index is 1.70. The first kappa shape index (κ1) is 13.9. The second kappa shape index (κ2) is 4.91. The van der Waals surface area contributed by atoms with E-state index in [4.69, 9.17) is 0 Å². The molecule has 0 bridgehead atoms. The molecule has 2 fully saturated rings. The van der Waals surface area contributed by atoms with Gasteiger partial charge in [-0.1, -0.05) is 0 Å². The summed E-state index contributed by atoms with van der Waals surface area (Å²) < 4.78 is 23.8. The van der Waals surface area contributed by atoms with Gasteiger partial charge in [0.1, 0.15) is 0 Å². The largest absolute Gasteiger partial charge is 0.370 e. The molecule has 0 saturated carbocycles. The van der Waals surface area contributed by atoms with Crippen LogP contribution in [0.2, 0.25) is 0 Å². The van der Waals surface area contributed by atoms with E-state index in [2.05, 4.69) is 14.9 Å². The molecule has 2 aliphatic heterocycles. The molecule has 0 amide bonds. The Kier molecular flexibility index (Phi) is 3.11. The van der Waals surface area contributed by atoms with E-state index in [1.807, 2.05) is 24.5 Å². The number of pyridine rings is 2. The first-order chi connectivity index (χ1) is 10.6. The van der Waals surface area contributed by atoms with E-state index < -0.39 is 9.84 Å². The molecule has 6 heteroatoms. The van der Waals surface area contributed by atoms with Crippen molar-refractivity contribution in [2.24, 2.45) is 5.41 Å². The maximum absolute atomic E-state index is 11.9. The fourth-order valence-electron chi connectivity index (χ4n) is 3.97. The number of rotatable bonds is 1. The fourth-order valence-corrected chi connectivity index (χ4v) is 6.17. The van der Waals surface area contributed by atoms with Crippen LogP contribution >= 0.6 is 0 Å². The van der Waals surface area contributed by atoms with Crippen LogP contribution in [0.25, 0.3) is 10.9 Å². The molecule has 2 aromatic heterocycles. The van der Waals surface area contributed by atoms with Gasteiger partial charge in [0, 0.05) is 48.2 Å².